The third-order valence-corrected chi connectivity index (χ3v) is 5.16. The zero-order valence-electron chi connectivity index (χ0n) is 16.9. The third-order valence-electron chi connectivity index (χ3n) is 4.19. The lowest BCUT2D eigenvalue weighted by Gasteiger charge is -2.08. The maximum atomic E-state index is 12.8. The van der Waals surface area contributed by atoms with E-state index in [9.17, 15) is 9.59 Å². The highest BCUT2D eigenvalue weighted by molar-refractivity contribution is 7.16. The number of ether oxygens (including phenoxy) is 3. The Balaban J connectivity index is 1.90. The third kappa shape index (κ3) is 5.15. The predicted molar refractivity (Wildman–Crippen MR) is 115 cm³/mol. The summed E-state index contributed by atoms with van der Waals surface area (Å²) < 4.78 is 15.5. The van der Waals surface area contributed by atoms with Gasteiger partial charge >= 0.3 is 5.97 Å². The fourth-order valence-electron chi connectivity index (χ4n) is 2.80. The van der Waals surface area contributed by atoms with Crippen LogP contribution in [0.2, 0.25) is 0 Å². The minimum absolute atomic E-state index is 0.0819. The van der Waals surface area contributed by atoms with Crippen LogP contribution in [-0.4, -0.2) is 37.7 Å². The molecule has 1 heterocycles. The van der Waals surface area contributed by atoms with Gasteiger partial charge in [0.15, 0.2) is 5.13 Å². The smallest absolute Gasteiger partial charge is 0.311 e. The van der Waals surface area contributed by atoms with E-state index >= 15 is 0 Å². The van der Waals surface area contributed by atoms with E-state index in [1.54, 1.807) is 25.1 Å². The molecule has 0 aliphatic carbocycles. The van der Waals surface area contributed by atoms with Crippen molar-refractivity contribution >= 4 is 28.3 Å². The van der Waals surface area contributed by atoms with Crippen LogP contribution in [0.3, 0.4) is 0 Å². The van der Waals surface area contributed by atoms with Crippen molar-refractivity contribution in [2.45, 2.75) is 13.3 Å². The molecule has 1 amide bonds. The molecule has 0 saturated carbocycles. The van der Waals surface area contributed by atoms with Gasteiger partial charge in [0.05, 0.1) is 32.9 Å². The first-order valence-corrected chi connectivity index (χ1v) is 10.1. The summed E-state index contributed by atoms with van der Waals surface area (Å²) in [6.07, 6.45) is 0.0819. The number of methoxy groups -OCH3 is 2. The molecule has 7 nitrogen and oxygen atoms in total. The molecule has 0 saturated heterocycles. The summed E-state index contributed by atoms with van der Waals surface area (Å²) in [5.74, 6) is 0.315. The van der Waals surface area contributed by atoms with Gasteiger partial charge in [0.1, 0.15) is 11.5 Å². The lowest BCUT2D eigenvalue weighted by molar-refractivity contribution is -0.142. The highest BCUT2D eigenvalue weighted by Crippen LogP contribution is 2.32. The molecule has 0 fully saturated rings. The van der Waals surface area contributed by atoms with Gasteiger partial charge in [-0.1, -0.05) is 30.3 Å². The van der Waals surface area contributed by atoms with Gasteiger partial charge in [0.2, 0.25) is 0 Å². The molecule has 30 heavy (non-hydrogen) atoms. The first-order chi connectivity index (χ1) is 14.5. The molecule has 0 unspecified atom stereocenters. The van der Waals surface area contributed by atoms with Crippen molar-refractivity contribution in [1.82, 2.24) is 4.98 Å². The molecule has 2 aromatic carbocycles. The van der Waals surface area contributed by atoms with Crippen molar-refractivity contribution in [2.24, 2.45) is 0 Å². The highest BCUT2D eigenvalue weighted by Gasteiger charge is 2.19. The van der Waals surface area contributed by atoms with E-state index in [-0.39, 0.29) is 18.3 Å². The molecule has 3 aromatic rings. The monoisotopic (exact) mass is 426 g/mol. The van der Waals surface area contributed by atoms with Crippen molar-refractivity contribution < 1.29 is 23.8 Å². The molecule has 0 bridgehead atoms. The number of rotatable bonds is 8. The number of hydrogen-bond acceptors (Lipinski definition) is 7. The number of esters is 1. The molecule has 0 aliphatic heterocycles. The Hall–Kier alpha value is -3.39. The van der Waals surface area contributed by atoms with Crippen molar-refractivity contribution in [1.29, 1.82) is 0 Å². The average molecular weight is 426 g/mol. The number of thiazole rings is 1. The number of carbonyl (C=O) groups excluding carboxylic acids is 2. The van der Waals surface area contributed by atoms with Crippen LogP contribution in [0.15, 0.2) is 48.5 Å². The van der Waals surface area contributed by atoms with Gasteiger partial charge in [-0.05, 0) is 19.1 Å². The van der Waals surface area contributed by atoms with E-state index in [1.807, 2.05) is 30.3 Å². The van der Waals surface area contributed by atoms with Gasteiger partial charge in [-0.25, -0.2) is 4.98 Å². The first-order valence-electron chi connectivity index (χ1n) is 9.29. The Morgan fingerprint density at radius 1 is 1.03 bits per heavy atom. The zero-order valence-corrected chi connectivity index (χ0v) is 17.7. The van der Waals surface area contributed by atoms with Crippen LogP contribution in [0.5, 0.6) is 11.5 Å². The second kappa shape index (κ2) is 9.89. The number of aromatic nitrogens is 1. The number of carbonyl (C=O) groups is 2. The second-order valence-electron chi connectivity index (χ2n) is 6.19. The molecule has 156 valence electrons. The van der Waals surface area contributed by atoms with Gasteiger partial charge in [0.25, 0.3) is 5.91 Å². The number of nitrogens with one attached hydrogen (secondary N) is 1. The van der Waals surface area contributed by atoms with Gasteiger partial charge in [-0.3, -0.25) is 14.9 Å². The second-order valence-corrected chi connectivity index (χ2v) is 7.28. The molecule has 0 atom stereocenters. The first kappa shape index (κ1) is 21.3. The summed E-state index contributed by atoms with van der Waals surface area (Å²) in [6, 6.07) is 14.4. The Kier molecular flexibility index (Phi) is 7.03. The van der Waals surface area contributed by atoms with Gasteiger partial charge in [-0.2, -0.15) is 0 Å². The number of nitrogens with zero attached hydrogens (tertiary/aromatic N) is 1. The van der Waals surface area contributed by atoms with Crippen molar-refractivity contribution in [3.8, 4) is 22.8 Å². The molecule has 0 spiro atoms. The van der Waals surface area contributed by atoms with Crippen molar-refractivity contribution in [2.75, 3.05) is 26.1 Å². The van der Waals surface area contributed by atoms with E-state index in [0.717, 1.165) is 10.4 Å². The summed E-state index contributed by atoms with van der Waals surface area (Å²) in [6.45, 7) is 2.07. The number of amides is 1. The van der Waals surface area contributed by atoms with Crippen LogP contribution in [0.25, 0.3) is 11.3 Å². The summed E-state index contributed by atoms with van der Waals surface area (Å²) in [5.41, 5.74) is 1.87. The molecule has 3 rings (SSSR count). The largest absolute Gasteiger partial charge is 0.497 e. The normalized spacial score (nSPS) is 10.4. The fraction of sp³-hybridized carbons (Fsp3) is 0.227. The van der Waals surface area contributed by atoms with Gasteiger partial charge in [0, 0.05) is 22.1 Å². The van der Waals surface area contributed by atoms with Crippen LogP contribution in [-0.2, 0) is 16.0 Å². The zero-order chi connectivity index (χ0) is 21.5. The number of hydrogen-bond donors (Lipinski definition) is 1. The summed E-state index contributed by atoms with van der Waals surface area (Å²) in [7, 11) is 3.04. The Bertz CT molecular complexity index is 1010. The molecule has 1 N–H and O–H groups in total. The topological polar surface area (TPSA) is 86.8 Å². The Labute approximate surface area is 178 Å². The van der Waals surface area contributed by atoms with Gasteiger partial charge < -0.3 is 14.2 Å². The maximum absolute atomic E-state index is 12.8. The van der Waals surface area contributed by atoms with Crippen LogP contribution in [0, 0.1) is 0 Å². The quantitative estimate of drug-likeness (QED) is 0.544. The molecular weight excluding hydrogens is 404 g/mol. The molecule has 0 aliphatic rings. The fourth-order valence-corrected chi connectivity index (χ4v) is 3.76. The number of benzene rings is 2. The Morgan fingerprint density at radius 3 is 2.30 bits per heavy atom. The average Bonchev–Trinajstić information content (AvgIpc) is 3.15. The Morgan fingerprint density at radius 2 is 1.70 bits per heavy atom. The standard InChI is InChI=1S/C22H22N2O5S/c1-4-29-19(25)13-18-20(14-8-6-5-7-9-14)23-22(30-18)24-21(26)15-10-16(27-2)12-17(11-15)28-3/h5-12H,4,13H2,1-3H3,(H,23,24,26). The van der Waals surface area contributed by atoms with E-state index in [2.05, 4.69) is 10.3 Å². The van der Waals surface area contributed by atoms with Gasteiger partial charge in [-0.15, -0.1) is 11.3 Å². The lowest BCUT2D eigenvalue weighted by atomic mass is 10.1. The van der Waals surface area contributed by atoms with Crippen LogP contribution in [0.4, 0.5) is 5.13 Å². The SMILES string of the molecule is CCOC(=O)Cc1sc(NC(=O)c2cc(OC)cc(OC)c2)nc1-c1ccccc1. The van der Waals surface area contributed by atoms with E-state index in [4.69, 9.17) is 14.2 Å². The summed E-state index contributed by atoms with van der Waals surface area (Å²) in [5, 5.41) is 3.19. The summed E-state index contributed by atoms with van der Waals surface area (Å²) >= 11 is 1.25. The molecule has 1 aromatic heterocycles. The van der Waals surface area contributed by atoms with Crippen molar-refractivity contribution in [3.05, 3.63) is 59.0 Å². The van der Waals surface area contributed by atoms with Crippen LogP contribution >= 0.6 is 11.3 Å². The molecular formula is C22H22N2O5S. The van der Waals surface area contributed by atoms with Crippen molar-refractivity contribution in [3.63, 3.8) is 0 Å². The minimum atomic E-state index is -0.358. The van der Waals surface area contributed by atoms with E-state index in [0.29, 0.717) is 34.5 Å². The maximum Gasteiger partial charge on any atom is 0.311 e. The van der Waals surface area contributed by atoms with Crippen LogP contribution in [0.1, 0.15) is 22.2 Å². The highest BCUT2D eigenvalue weighted by atomic mass is 32.1. The van der Waals surface area contributed by atoms with E-state index < -0.39 is 0 Å². The lowest BCUT2D eigenvalue weighted by Crippen LogP contribution is -2.12. The minimum Gasteiger partial charge on any atom is -0.497 e. The molecule has 8 heteroatoms. The molecule has 0 radical (unpaired) electrons. The van der Waals surface area contributed by atoms with E-state index in [1.165, 1.54) is 25.6 Å². The summed E-state index contributed by atoms with van der Waals surface area (Å²) in [4.78, 5) is 30.1. The van der Waals surface area contributed by atoms with Crippen LogP contribution < -0.4 is 14.8 Å². The predicted octanol–water partition coefficient (Wildman–Crippen LogP) is 4.19. The number of anilines is 1.